The lowest BCUT2D eigenvalue weighted by molar-refractivity contribution is -0.113. The Morgan fingerprint density at radius 3 is 1.91 bits per heavy atom. The summed E-state index contributed by atoms with van der Waals surface area (Å²) in [6.07, 6.45) is 1.24. The molecule has 0 radical (unpaired) electrons. The first kappa shape index (κ1) is 16.7. The Morgan fingerprint density at radius 2 is 1.45 bits per heavy atom. The van der Waals surface area contributed by atoms with Crippen LogP contribution < -0.4 is 0 Å². The van der Waals surface area contributed by atoms with Gasteiger partial charge in [0.2, 0.25) is 10.5 Å². The minimum atomic E-state index is -0.314. The summed E-state index contributed by atoms with van der Waals surface area (Å²) in [5, 5.41) is -0.505. The van der Waals surface area contributed by atoms with Crippen LogP contribution in [0.4, 0.5) is 0 Å². The molecule has 3 rings (SSSR count). The van der Waals surface area contributed by atoms with E-state index in [1.165, 1.54) is 5.56 Å². The first-order chi connectivity index (χ1) is 10.6. The molecule has 22 heavy (non-hydrogen) atoms. The lowest BCUT2D eigenvalue weighted by Gasteiger charge is -1.95. The smallest absolute Gasteiger partial charge is 0.226 e. The van der Waals surface area contributed by atoms with Gasteiger partial charge in [-0.25, -0.2) is 0 Å². The molecule has 1 saturated carbocycles. The van der Waals surface area contributed by atoms with Gasteiger partial charge in [0.15, 0.2) is 0 Å². The van der Waals surface area contributed by atoms with Gasteiger partial charge in [-0.3, -0.25) is 9.59 Å². The predicted molar refractivity (Wildman–Crippen MR) is 89.2 cm³/mol. The highest BCUT2D eigenvalue weighted by Crippen LogP contribution is 2.48. The monoisotopic (exact) mass is 334 g/mol. The van der Waals surface area contributed by atoms with Crippen molar-refractivity contribution in [2.24, 2.45) is 5.92 Å². The van der Waals surface area contributed by atoms with E-state index in [-0.39, 0.29) is 16.4 Å². The molecule has 0 N–H and O–H groups in total. The zero-order valence-electron chi connectivity index (χ0n) is 11.9. The van der Waals surface area contributed by atoms with E-state index in [4.69, 9.17) is 23.2 Å². The molecule has 1 fully saturated rings. The van der Waals surface area contributed by atoms with E-state index < -0.39 is 0 Å². The van der Waals surface area contributed by atoms with E-state index in [0.717, 1.165) is 12.0 Å². The van der Waals surface area contributed by atoms with Crippen molar-refractivity contribution in [1.82, 2.24) is 0 Å². The molecule has 0 saturated heterocycles. The molecule has 1 aliphatic carbocycles. The second-order valence-corrected chi connectivity index (χ2v) is 5.98. The Labute approximate surface area is 140 Å². The van der Waals surface area contributed by atoms with Gasteiger partial charge in [-0.1, -0.05) is 60.7 Å². The van der Waals surface area contributed by atoms with Crippen LogP contribution in [0.5, 0.6) is 0 Å². The molecule has 0 unspecified atom stereocenters. The fourth-order valence-electron chi connectivity index (χ4n) is 2.27. The summed E-state index contributed by atoms with van der Waals surface area (Å²) in [6.45, 7) is 0. The van der Waals surface area contributed by atoms with Gasteiger partial charge in [0.25, 0.3) is 0 Å². The summed E-state index contributed by atoms with van der Waals surface area (Å²) >= 11 is 10.6. The van der Waals surface area contributed by atoms with Crippen LogP contribution in [0.15, 0.2) is 60.7 Å². The number of rotatable bonds is 4. The number of hydrogen-bond acceptors (Lipinski definition) is 2. The molecule has 2 atom stereocenters. The van der Waals surface area contributed by atoms with Crippen LogP contribution in [-0.2, 0) is 16.0 Å². The first-order valence-corrected chi connectivity index (χ1v) is 7.80. The lowest BCUT2D eigenvalue weighted by atomic mass is 10.1. The van der Waals surface area contributed by atoms with E-state index in [1.54, 1.807) is 0 Å². The van der Waals surface area contributed by atoms with Crippen LogP contribution in [0.25, 0.3) is 0 Å². The van der Waals surface area contributed by atoms with E-state index in [0.29, 0.717) is 12.3 Å². The lowest BCUT2D eigenvalue weighted by Crippen LogP contribution is -1.91. The highest BCUT2D eigenvalue weighted by atomic mass is 35.5. The van der Waals surface area contributed by atoms with Gasteiger partial charge in [-0.05, 0) is 46.7 Å². The summed E-state index contributed by atoms with van der Waals surface area (Å²) in [5.41, 5.74) is 2.19. The average molecular weight is 335 g/mol. The Bertz CT molecular complexity index is 626. The summed E-state index contributed by atoms with van der Waals surface area (Å²) < 4.78 is 0. The highest BCUT2D eigenvalue weighted by Gasteiger charge is 2.42. The number of carbonyl (C=O) groups is 2. The number of benzene rings is 2. The molecule has 0 aliphatic heterocycles. The summed E-state index contributed by atoms with van der Waals surface area (Å²) in [6, 6.07) is 19.5. The summed E-state index contributed by atoms with van der Waals surface area (Å²) in [5.74, 6) is 0.463. The molecule has 0 aromatic heterocycles. The molecule has 2 nitrogen and oxygen atoms in total. The van der Waals surface area contributed by atoms with Crippen molar-refractivity contribution in [3.8, 4) is 0 Å². The van der Waals surface area contributed by atoms with Gasteiger partial charge in [0, 0.05) is 12.3 Å². The quantitative estimate of drug-likeness (QED) is 0.768. The maximum absolute atomic E-state index is 10.8. The molecule has 0 bridgehead atoms. The number of carbonyl (C=O) groups excluding carboxylic acids is 2. The molecule has 0 amide bonds. The molecule has 0 spiro atoms. The van der Waals surface area contributed by atoms with Crippen molar-refractivity contribution in [2.75, 3.05) is 0 Å². The van der Waals surface area contributed by atoms with Crippen LogP contribution in [0.1, 0.15) is 23.5 Å². The second kappa shape index (κ2) is 8.11. The van der Waals surface area contributed by atoms with E-state index >= 15 is 0 Å². The molecule has 2 aromatic carbocycles. The fourth-order valence-corrected chi connectivity index (χ4v) is 2.67. The minimum absolute atomic E-state index is 0.0778. The third-order valence-corrected chi connectivity index (χ3v) is 3.91. The highest BCUT2D eigenvalue weighted by molar-refractivity contribution is 6.64. The van der Waals surface area contributed by atoms with Gasteiger partial charge >= 0.3 is 0 Å². The van der Waals surface area contributed by atoms with Gasteiger partial charge in [-0.2, -0.15) is 0 Å². The maximum atomic E-state index is 10.8. The van der Waals surface area contributed by atoms with E-state index in [2.05, 4.69) is 0 Å². The van der Waals surface area contributed by atoms with Crippen LogP contribution >= 0.6 is 23.2 Å². The van der Waals surface area contributed by atoms with Gasteiger partial charge in [-0.15, -0.1) is 0 Å². The van der Waals surface area contributed by atoms with Crippen LogP contribution in [0.2, 0.25) is 0 Å². The van der Waals surface area contributed by atoms with Gasteiger partial charge < -0.3 is 0 Å². The maximum Gasteiger partial charge on any atom is 0.226 e. The number of hydrogen-bond donors (Lipinski definition) is 0. The normalized spacial score (nSPS) is 18.8. The van der Waals surface area contributed by atoms with Crippen LogP contribution in [0, 0.1) is 5.92 Å². The molecule has 2 aromatic rings. The third kappa shape index (κ3) is 5.28. The molecule has 114 valence electrons. The van der Waals surface area contributed by atoms with Crippen LogP contribution in [-0.4, -0.2) is 10.5 Å². The topological polar surface area (TPSA) is 34.1 Å². The average Bonchev–Trinajstić information content (AvgIpc) is 3.30. The van der Waals surface area contributed by atoms with E-state index in [1.807, 2.05) is 60.7 Å². The Hall–Kier alpha value is -1.64. The van der Waals surface area contributed by atoms with Crippen molar-refractivity contribution in [3.63, 3.8) is 0 Å². The molecule has 0 heterocycles. The predicted octanol–water partition coefficient (Wildman–Crippen LogP) is 4.55. The fraction of sp³-hybridized carbons (Fsp3) is 0.222. The van der Waals surface area contributed by atoms with E-state index in [9.17, 15) is 9.59 Å². The Kier molecular flexibility index (Phi) is 6.17. The molecular weight excluding hydrogens is 319 g/mol. The van der Waals surface area contributed by atoms with Crippen molar-refractivity contribution in [2.45, 2.75) is 18.8 Å². The third-order valence-electron chi connectivity index (χ3n) is 3.50. The zero-order chi connectivity index (χ0) is 15.9. The Balaban J connectivity index is 0.000000164. The molecular formula is C18H16Cl2O2. The Morgan fingerprint density at radius 1 is 0.909 bits per heavy atom. The SMILES string of the molecule is O=C(Cl)Cc1ccccc1.O=C(Cl)[C@@H]1C[C@H]1c1ccccc1. The molecule has 4 heteroatoms. The standard InChI is InChI=1S/C10H9ClO.C8H7ClO/c11-10(12)9-6-8(9)7-4-2-1-3-5-7;9-8(10)6-7-4-2-1-3-5-7/h1-5,8-9H,6H2;1-5H,6H2/t8-,9+;/m0./s1. The van der Waals surface area contributed by atoms with Gasteiger partial charge in [0.05, 0.1) is 0 Å². The van der Waals surface area contributed by atoms with Crippen molar-refractivity contribution < 1.29 is 9.59 Å². The largest absolute Gasteiger partial charge is 0.281 e. The minimum Gasteiger partial charge on any atom is -0.281 e. The van der Waals surface area contributed by atoms with Crippen LogP contribution in [0.3, 0.4) is 0 Å². The van der Waals surface area contributed by atoms with Gasteiger partial charge in [0.1, 0.15) is 0 Å². The zero-order valence-corrected chi connectivity index (χ0v) is 13.4. The number of halogens is 2. The first-order valence-electron chi connectivity index (χ1n) is 7.04. The summed E-state index contributed by atoms with van der Waals surface area (Å²) in [7, 11) is 0. The molecule has 1 aliphatic rings. The van der Waals surface area contributed by atoms with Crippen molar-refractivity contribution >= 4 is 33.7 Å². The summed E-state index contributed by atoms with van der Waals surface area (Å²) in [4.78, 5) is 21.1. The second-order valence-electron chi connectivity index (χ2n) is 5.18. The van der Waals surface area contributed by atoms with Crippen molar-refractivity contribution in [3.05, 3.63) is 71.8 Å². The van der Waals surface area contributed by atoms with Crippen molar-refractivity contribution in [1.29, 1.82) is 0 Å².